The first-order chi connectivity index (χ1) is 16.6. The molecular formula is C26H22O8. The summed E-state index contributed by atoms with van der Waals surface area (Å²) < 4.78 is 21.2. The van der Waals surface area contributed by atoms with Crippen LogP contribution in [0.25, 0.3) is 0 Å². The molecule has 0 fully saturated rings. The summed E-state index contributed by atoms with van der Waals surface area (Å²) in [6.07, 6.45) is 1.38. The van der Waals surface area contributed by atoms with E-state index in [9.17, 15) is 19.2 Å². The molecule has 0 amide bonds. The van der Waals surface area contributed by atoms with Gasteiger partial charge in [-0.2, -0.15) is 0 Å². The minimum absolute atomic E-state index is 0.0109. The molecule has 8 nitrogen and oxygen atoms in total. The van der Waals surface area contributed by atoms with Crippen LogP contribution in [-0.2, 0) is 9.47 Å². The van der Waals surface area contributed by atoms with E-state index in [0.29, 0.717) is 35.2 Å². The molecule has 0 saturated carbocycles. The van der Waals surface area contributed by atoms with Gasteiger partial charge in [0.25, 0.3) is 0 Å². The molecule has 174 valence electrons. The first kappa shape index (κ1) is 24.2. The highest BCUT2D eigenvalue weighted by molar-refractivity contribution is 5.93. The lowest BCUT2D eigenvalue weighted by molar-refractivity contribution is 0.0437. The molecule has 0 bridgehead atoms. The van der Waals surface area contributed by atoms with Gasteiger partial charge in [-0.25, -0.2) is 9.59 Å². The lowest BCUT2D eigenvalue weighted by Crippen LogP contribution is -2.14. The van der Waals surface area contributed by atoms with E-state index in [1.165, 1.54) is 24.3 Å². The van der Waals surface area contributed by atoms with Gasteiger partial charge in [0.15, 0.2) is 12.6 Å². The van der Waals surface area contributed by atoms with Gasteiger partial charge in [-0.3, -0.25) is 9.59 Å². The van der Waals surface area contributed by atoms with Crippen molar-refractivity contribution in [3.63, 3.8) is 0 Å². The standard InChI is InChI=1S/C26H22O8/c27-17-21-5-1-3-7-23(21)31-13-15-33-25(29)19-9-11-20(12-10-19)26(30)34-16-14-32-24-8-4-2-6-22(24)18-28/h1-12,17-18H,13-16H2. The highest BCUT2D eigenvalue weighted by atomic mass is 16.6. The third-order valence-electron chi connectivity index (χ3n) is 4.60. The van der Waals surface area contributed by atoms with Crippen LogP contribution in [0.15, 0.2) is 72.8 Å². The fourth-order valence-electron chi connectivity index (χ4n) is 2.90. The molecule has 0 aliphatic carbocycles. The van der Waals surface area contributed by atoms with Crippen molar-refractivity contribution in [2.24, 2.45) is 0 Å². The van der Waals surface area contributed by atoms with E-state index in [2.05, 4.69) is 0 Å². The molecule has 3 aromatic rings. The van der Waals surface area contributed by atoms with Crippen LogP contribution in [0.2, 0.25) is 0 Å². The number of hydrogen-bond donors (Lipinski definition) is 0. The van der Waals surface area contributed by atoms with E-state index in [-0.39, 0.29) is 37.6 Å². The number of carbonyl (C=O) groups excluding carboxylic acids is 4. The maximum absolute atomic E-state index is 12.2. The van der Waals surface area contributed by atoms with Crippen molar-refractivity contribution in [1.29, 1.82) is 0 Å². The van der Waals surface area contributed by atoms with Crippen LogP contribution < -0.4 is 9.47 Å². The minimum atomic E-state index is -0.575. The van der Waals surface area contributed by atoms with E-state index < -0.39 is 11.9 Å². The number of carbonyl (C=O) groups is 4. The van der Waals surface area contributed by atoms with Crippen LogP contribution >= 0.6 is 0 Å². The number of hydrogen-bond acceptors (Lipinski definition) is 8. The maximum atomic E-state index is 12.2. The molecule has 8 heteroatoms. The van der Waals surface area contributed by atoms with Gasteiger partial charge in [0.05, 0.1) is 22.3 Å². The Labute approximate surface area is 196 Å². The zero-order valence-electron chi connectivity index (χ0n) is 18.2. The summed E-state index contributed by atoms with van der Waals surface area (Å²) in [5, 5.41) is 0. The monoisotopic (exact) mass is 462 g/mol. The number of para-hydroxylation sites is 2. The first-order valence-corrected chi connectivity index (χ1v) is 10.4. The molecule has 0 aliphatic rings. The third-order valence-corrected chi connectivity index (χ3v) is 4.60. The Kier molecular flexibility index (Phi) is 8.92. The molecule has 0 aliphatic heterocycles. The average molecular weight is 462 g/mol. The molecule has 0 radical (unpaired) electrons. The predicted molar refractivity (Wildman–Crippen MR) is 122 cm³/mol. The maximum Gasteiger partial charge on any atom is 0.338 e. The van der Waals surface area contributed by atoms with Crippen LogP contribution in [0.3, 0.4) is 0 Å². The molecule has 3 aromatic carbocycles. The Hall–Kier alpha value is -4.46. The third kappa shape index (κ3) is 6.77. The Morgan fingerprint density at radius 2 is 0.941 bits per heavy atom. The number of rotatable bonds is 12. The highest BCUT2D eigenvalue weighted by Crippen LogP contribution is 2.16. The highest BCUT2D eigenvalue weighted by Gasteiger charge is 2.12. The second-order valence-electron chi connectivity index (χ2n) is 6.86. The second kappa shape index (κ2) is 12.5. The van der Waals surface area contributed by atoms with Gasteiger partial charge in [-0.15, -0.1) is 0 Å². The van der Waals surface area contributed by atoms with E-state index in [1.54, 1.807) is 48.5 Å². The van der Waals surface area contributed by atoms with E-state index >= 15 is 0 Å². The summed E-state index contributed by atoms with van der Waals surface area (Å²) in [5.41, 5.74) is 1.35. The number of ether oxygens (including phenoxy) is 4. The smallest absolute Gasteiger partial charge is 0.338 e. The van der Waals surface area contributed by atoms with Gasteiger partial charge >= 0.3 is 11.9 Å². The van der Waals surface area contributed by atoms with Gasteiger partial charge in [0.1, 0.15) is 37.9 Å². The molecule has 0 spiro atoms. The van der Waals surface area contributed by atoms with Crippen molar-refractivity contribution in [2.45, 2.75) is 0 Å². The molecule has 34 heavy (non-hydrogen) atoms. The minimum Gasteiger partial charge on any atom is -0.489 e. The van der Waals surface area contributed by atoms with Crippen LogP contribution in [0.5, 0.6) is 11.5 Å². The summed E-state index contributed by atoms with van der Waals surface area (Å²) >= 11 is 0. The van der Waals surface area contributed by atoms with Gasteiger partial charge in [0.2, 0.25) is 0 Å². The predicted octanol–water partition coefficient (Wildman–Crippen LogP) is 3.78. The molecular weight excluding hydrogens is 440 g/mol. The number of benzene rings is 3. The summed E-state index contributed by atoms with van der Waals surface area (Å²) in [6.45, 7) is 0.146. The van der Waals surface area contributed by atoms with Crippen LogP contribution in [0, 0.1) is 0 Å². The largest absolute Gasteiger partial charge is 0.489 e. The van der Waals surface area contributed by atoms with Crippen molar-refractivity contribution in [3.05, 3.63) is 95.1 Å². The summed E-state index contributed by atoms with van der Waals surface area (Å²) in [5.74, 6) is -0.326. The number of aldehydes is 2. The van der Waals surface area contributed by atoms with Gasteiger partial charge < -0.3 is 18.9 Å². The Bertz CT molecular complexity index is 1050. The lowest BCUT2D eigenvalue weighted by atomic mass is 10.1. The summed E-state index contributed by atoms with van der Waals surface area (Å²) in [6, 6.07) is 19.3. The lowest BCUT2D eigenvalue weighted by Gasteiger charge is -2.10. The molecule has 0 unspecified atom stereocenters. The van der Waals surface area contributed by atoms with E-state index in [1.807, 2.05) is 0 Å². The zero-order chi connectivity index (χ0) is 24.2. The van der Waals surface area contributed by atoms with Crippen LogP contribution in [0.1, 0.15) is 41.4 Å². The van der Waals surface area contributed by atoms with E-state index in [4.69, 9.17) is 18.9 Å². The zero-order valence-corrected chi connectivity index (χ0v) is 18.2. The SMILES string of the molecule is O=Cc1ccccc1OCCOC(=O)c1ccc(C(=O)OCCOc2ccccc2C=O)cc1. The second-order valence-corrected chi connectivity index (χ2v) is 6.86. The van der Waals surface area contributed by atoms with Crippen molar-refractivity contribution in [1.82, 2.24) is 0 Å². The molecule has 0 heterocycles. The van der Waals surface area contributed by atoms with Gasteiger partial charge in [0, 0.05) is 0 Å². The van der Waals surface area contributed by atoms with Crippen molar-refractivity contribution >= 4 is 24.5 Å². The summed E-state index contributed by atoms with van der Waals surface area (Å²) in [7, 11) is 0. The van der Waals surface area contributed by atoms with Crippen LogP contribution in [-0.4, -0.2) is 50.9 Å². The Morgan fingerprint density at radius 1 is 0.559 bits per heavy atom. The van der Waals surface area contributed by atoms with Crippen molar-refractivity contribution < 1.29 is 38.1 Å². The quantitative estimate of drug-likeness (QED) is 0.227. The average Bonchev–Trinajstić information content (AvgIpc) is 2.89. The topological polar surface area (TPSA) is 105 Å². The molecule has 0 atom stereocenters. The molecule has 0 N–H and O–H groups in total. The van der Waals surface area contributed by atoms with Gasteiger partial charge in [-0.1, -0.05) is 24.3 Å². The molecule has 0 aromatic heterocycles. The fraction of sp³-hybridized carbons (Fsp3) is 0.154. The first-order valence-electron chi connectivity index (χ1n) is 10.4. The Balaban J connectivity index is 1.40. The van der Waals surface area contributed by atoms with E-state index in [0.717, 1.165) is 0 Å². The fourth-order valence-corrected chi connectivity index (χ4v) is 2.90. The molecule has 3 rings (SSSR count). The normalized spacial score (nSPS) is 10.1. The van der Waals surface area contributed by atoms with Crippen molar-refractivity contribution in [2.75, 3.05) is 26.4 Å². The van der Waals surface area contributed by atoms with Gasteiger partial charge in [-0.05, 0) is 48.5 Å². The van der Waals surface area contributed by atoms with Crippen molar-refractivity contribution in [3.8, 4) is 11.5 Å². The molecule has 0 saturated heterocycles. The number of esters is 2. The summed E-state index contributed by atoms with van der Waals surface area (Å²) in [4.78, 5) is 46.3. The van der Waals surface area contributed by atoms with Crippen LogP contribution in [0.4, 0.5) is 0 Å². The Morgan fingerprint density at radius 3 is 1.32 bits per heavy atom.